The number of amides is 2. The van der Waals surface area contributed by atoms with Gasteiger partial charge in [0, 0.05) is 23.9 Å². The standard InChI is InChI=1S/C24H31ClN2O2S/c1-4-5-13-26-24(29)19(3)27(15-20-10-8-9-18(2)14-20)23(28)17-30-16-21-11-6-7-12-22(21)25/h6-12,14,19H,4-5,13,15-17H2,1-3H3,(H,26,29)/t19-/m0/s1. The van der Waals surface area contributed by atoms with Crippen LogP contribution in [0.3, 0.4) is 0 Å². The van der Waals surface area contributed by atoms with Gasteiger partial charge in [-0.15, -0.1) is 11.8 Å². The lowest BCUT2D eigenvalue weighted by atomic mass is 10.1. The minimum atomic E-state index is -0.532. The lowest BCUT2D eigenvalue weighted by molar-refractivity contribution is -0.138. The van der Waals surface area contributed by atoms with Gasteiger partial charge in [0.2, 0.25) is 11.8 Å². The number of nitrogens with zero attached hydrogens (tertiary/aromatic N) is 1. The summed E-state index contributed by atoms with van der Waals surface area (Å²) in [6.45, 7) is 6.95. The second kappa shape index (κ2) is 12.7. The molecule has 0 aliphatic carbocycles. The average Bonchev–Trinajstić information content (AvgIpc) is 2.73. The molecule has 0 saturated heterocycles. The van der Waals surface area contributed by atoms with Crippen molar-refractivity contribution in [2.24, 2.45) is 0 Å². The summed E-state index contributed by atoms with van der Waals surface area (Å²) in [5.74, 6) is 0.789. The van der Waals surface area contributed by atoms with Gasteiger partial charge in [-0.2, -0.15) is 0 Å². The molecule has 6 heteroatoms. The number of halogens is 1. The third-order valence-electron chi connectivity index (χ3n) is 4.87. The lowest BCUT2D eigenvalue weighted by Crippen LogP contribution is -2.48. The van der Waals surface area contributed by atoms with Crippen LogP contribution >= 0.6 is 23.4 Å². The van der Waals surface area contributed by atoms with Gasteiger partial charge in [0.25, 0.3) is 0 Å². The number of carbonyl (C=O) groups excluding carboxylic acids is 2. The Morgan fingerprint density at radius 2 is 1.93 bits per heavy atom. The smallest absolute Gasteiger partial charge is 0.242 e. The molecule has 0 heterocycles. The predicted octanol–water partition coefficient (Wildman–Crippen LogP) is 5.22. The number of hydrogen-bond donors (Lipinski definition) is 1. The van der Waals surface area contributed by atoms with Gasteiger partial charge in [0.1, 0.15) is 6.04 Å². The molecule has 0 aliphatic heterocycles. The van der Waals surface area contributed by atoms with Crippen molar-refractivity contribution in [3.8, 4) is 0 Å². The number of aryl methyl sites for hydroxylation is 1. The quantitative estimate of drug-likeness (QED) is 0.481. The van der Waals surface area contributed by atoms with Crippen molar-refractivity contribution in [2.45, 2.75) is 52.0 Å². The fourth-order valence-corrected chi connectivity index (χ4v) is 4.27. The molecular weight excluding hydrogens is 416 g/mol. The summed E-state index contributed by atoms with van der Waals surface area (Å²) in [4.78, 5) is 27.4. The molecule has 0 fully saturated rings. The minimum Gasteiger partial charge on any atom is -0.354 e. The Kier molecular flexibility index (Phi) is 10.2. The fourth-order valence-electron chi connectivity index (χ4n) is 3.07. The van der Waals surface area contributed by atoms with Crippen molar-refractivity contribution in [3.63, 3.8) is 0 Å². The van der Waals surface area contributed by atoms with Crippen LogP contribution in [0.5, 0.6) is 0 Å². The number of hydrogen-bond acceptors (Lipinski definition) is 3. The summed E-state index contributed by atoms with van der Waals surface area (Å²) in [6, 6.07) is 15.2. The first-order valence-corrected chi connectivity index (χ1v) is 11.9. The molecule has 0 saturated carbocycles. The van der Waals surface area contributed by atoms with E-state index < -0.39 is 6.04 Å². The van der Waals surface area contributed by atoms with Crippen molar-refractivity contribution >= 4 is 35.2 Å². The van der Waals surface area contributed by atoms with Gasteiger partial charge in [-0.3, -0.25) is 9.59 Å². The Balaban J connectivity index is 2.05. The van der Waals surface area contributed by atoms with Crippen LogP contribution in [0.2, 0.25) is 5.02 Å². The summed E-state index contributed by atoms with van der Waals surface area (Å²) in [7, 11) is 0. The number of carbonyl (C=O) groups is 2. The maximum atomic E-state index is 13.1. The Morgan fingerprint density at radius 3 is 2.63 bits per heavy atom. The van der Waals surface area contributed by atoms with E-state index in [4.69, 9.17) is 11.6 Å². The summed E-state index contributed by atoms with van der Waals surface area (Å²) in [6.07, 6.45) is 1.94. The van der Waals surface area contributed by atoms with Crippen LogP contribution in [0, 0.1) is 6.92 Å². The lowest BCUT2D eigenvalue weighted by Gasteiger charge is -2.29. The molecule has 0 bridgehead atoms. The molecular formula is C24H31ClN2O2S. The van der Waals surface area contributed by atoms with Crippen LogP contribution in [-0.4, -0.2) is 35.1 Å². The second-order valence-corrected chi connectivity index (χ2v) is 8.81. The third kappa shape index (κ3) is 7.69. The molecule has 1 atom stereocenters. The number of nitrogens with one attached hydrogen (secondary N) is 1. The van der Waals surface area contributed by atoms with E-state index in [1.807, 2.05) is 49.4 Å². The van der Waals surface area contributed by atoms with Crippen molar-refractivity contribution in [3.05, 3.63) is 70.2 Å². The first-order valence-electron chi connectivity index (χ1n) is 10.4. The van der Waals surface area contributed by atoms with Crippen LogP contribution in [0.4, 0.5) is 0 Å². The van der Waals surface area contributed by atoms with Gasteiger partial charge in [-0.25, -0.2) is 0 Å². The molecule has 1 N–H and O–H groups in total. The zero-order valence-corrected chi connectivity index (χ0v) is 19.6. The average molecular weight is 447 g/mol. The van der Waals surface area contributed by atoms with E-state index in [9.17, 15) is 9.59 Å². The van der Waals surface area contributed by atoms with Gasteiger partial charge in [-0.05, 0) is 37.5 Å². The zero-order chi connectivity index (χ0) is 21.9. The highest BCUT2D eigenvalue weighted by Crippen LogP contribution is 2.21. The highest BCUT2D eigenvalue weighted by atomic mass is 35.5. The molecule has 0 aromatic heterocycles. The predicted molar refractivity (Wildman–Crippen MR) is 127 cm³/mol. The Bertz CT molecular complexity index is 843. The summed E-state index contributed by atoms with van der Waals surface area (Å²) >= 11 is 7.73. The van der Waals surface area contributed by atoms with Gasteiger partial charge in [-0.1, -0.05) is 73.0 Å². The molecule has 0 aliphatic rings. The third-order valence-corrected chi connectivity index (χ3v) is 6.21. The first kappa shape index (κ1) is 24.3. The fraction of sp³-hybridized carbons (Fsp3) is 0.417. The highest BCUT2D eigenvalue weighted by molar-refractivity contribution is 7.99. The molecule has 0 spiro atoms. The minimum absolute atomic E-state index is 0.0494. The maximum Gasteiger partial charge on any atom is 0.242 e. The van der Waals surface area contributed by atoms with E-state index in [1.165, 1.54) is 11.8 Å². The largest absolute Gasteiger partial charge is 0.354 e. The number of thioether (sulfide) groups is 1. The van der Waals surface area contributed by atoms with E-state index >= 15 is 0 Å². The van der Waals surface area contributed by atoms with Gasteiger partial charge in [0.05, 0.1) is 5.75 Å². The highest BCUT2D eigenvalue weighted by Gasteiger charge is 2.25. The van der Waals surface area contributed by atoms with E-state index in [0.717, 1.165) is 29.5 Å². The SMILES string of the molecule is CCCCNC(=O)[C@H](C)N(Cc1cccc(C)c1)C(=O)CSCc1ccccc1Cl. The molecule has 0 radical (unpaired) electrons. The van der Waals surface area contributed by atoms with Crippen LogP contribution < -0.4 is 5.32 Å². The molecule has 2 aromatic carbocycles. The van der Waals surface area contributed by atoms with Gasteiger partial charge >= 0.3 is 0 Å². The van der Waals surface area contributed by atoms with Gasteiger partial charge in [0.15, 0.2) is 0 Å². The van der Waals surface area contributed by atoms with E-state index in [0.29, 0.717) is 29.6 Å². The van der Waals surface area contributed by atoms with Crippen molar-refractivity contribution in [1.82, 2.24) is 10.2 Å². The summed E-state index contributed by atoms with van der Waals surface area (Å²) < 4.78 is 0. The molecule has 162 valence electrons. The Morgan fingerprint density at radius 1 is 1.17 bits per heavy atom. The Hall–Kier alpha value is -1.98. The molecule has 4 nitrogen and oxygen atoms in total. The normalized spacial score (nSPS) is 11.7. The molecule has 2 rings (SSSR count). The first-order chi connectivity index (χ1) is 14.4. The van der Waals surface area contributed by atoms with E-state index in [2.05, 4.69) is 18.3 Å². The summed E-state index contributed by atoms with van der Waals surface area (Å²) in [5.41, 5.74) is 3.16. The second-order valence-electron chi connectivity index (χ2n) is 7.42. The molecule has 30 heavy (non-hydrogen) atoms. The molecule has 0 unspecified atom stereocenters. The van der Waals surface area contributed by atoms with Crippen LogP contribution in [0.15, 0.2) is 48.5 Å². The molecule has 2 aromatic rings. The van der Waals surface area contributed by atoms with Crippen LogP contribution in [0.1, 0.15) is 43.4 Å². The van der Waals surface area contributed by atoms with E-state index in [-0.39, 0.29) is 11.8 Å². The monoisotopic (exact) mass is 446 g/mol. The Labute approximate surface area is 189 Å². The zero-order valence-electron chi connectivity index (χ0n) is 18.0. The van der Waals surface area contributed by atoms with Crippen LogP contribution in [0.25, 0.3) is 0 Å². The maximum absolute atomic E-state index is 13.1. The number of unbranched alkanes of at least 4 members (excludes halogenated alkanes) is 1. The number of benzene rings is 2. The van der Waals surface area contributed by atoms with Crippen LogP contribution in [-0.2, 0) is 21.9 Å². The van der Waals surface area contributed by atoms with Crippen molar-refractivity contribution < 1.29 is 9.59 Å². The van der Waals surface area contributed by atoms with E-state index in [1.54, 1.807) is 11.8 Å². The summed E-state index contributed by atoms with van der Waals surface area (Å²) in [5, 5.41) is 3.65. The topological polar surface area (TPSA) is 49.4 Å². The number of rotatable bonds is 11. The van der Waals surface area contributed by atoms with Crippen molar-refractivity contribution in [1.29, 1.82) is 0 Å². The van der Waals surface area contributed by atoms with Crippen molar-refractivity contribution in [2.75, 3.05) is 12.3 Å². The molecule has 2 amide bonds. The van der Waals surface area contributed by atoms with Gasteiger partial charge < -0.3 is 10.2 Å².